The third-order valence-corrected chi connectivity index (χ3v) is 3.51. The Labute approximate surface area is 96.8 Å². The molecule has 0 aromatic heterocycles. The molecule has 0 aromatic carbocycles. The molecule has 0 rings (SSSR count). The van der Waals surface area contributed by atoms with Crippen LogP contribution in [-0.4, -0.2) is 6.54 Å². The fourth-order valence-corrected chi connectivity index (χ4v) is 2.44. The molecule has 0 bridgehead atoms. The average molecular weight is 213 g/mol. The van der Waals surface area contributed by atoms with Crippen LogP contribution in [0.5, 0.6) is 0 Å². The topological polar surface area (TPSA) is 26.0 Å². The zero-order chi connectivity index (χ0) is 11.5. The first-order chi connectivity index (χ1) is 7.26. The number of unbranched alkanes of at least 4 members (excludes halogenated alkanes) is 2. The van der Waals surface area contributed by atoms with Gasteiger partial charge in [-0.25, -0.2) is 0 Å². The zero-order valence-corrected chi connectivity index (χ0v) is 11.1. The Hall–Kier alpha value is -0.0400. The highest BCUT2D eigenvalue weighted by molar-refractivity contribution is 4.67. The molecule has 0 aliphatic heterocycles. The monoisotopic (exact) mass is 213 g/mol. The molecule has 0 fully saturated rings. The van der Waals surface area contributed by atoms with Crippen molar-refractivity contribution < 1.29 is 0 Å². The first-order valence-corrected chi connectivity index (χ1v) is 6.96. The van der Waals surface area contributed by atoms with Gasteiger partial charge in [0.2, 0.25) is 0 Å². The van der Waals surface area contributed by atoms with Crippen molar-refractivity contribution in [2.75, 3.05) is 6.54 Å². The highest BCUT2D eigenvalue weighted by atomic mass is 14.5. The first kappa shape index (κ1) is 15.0. The van der Waals surface area contributed by atoms with Crippen LogP contribution in [0.1, 0.15) is 72.1 Å². The van der Waals surface area contributed by atoms with Gasteiger partial charge in [-0.2, -0.15) is 0 Å². The van der Waals surface area contributed by atoms with Crippen LogP contribution in [0.25, 0.3) is 0 Å². The minimum absolute atomic E-state index is 0.864. The van der Waals surface area contributed by atoms with Gasteiger partial charge in [0.25, 0.3) is 0 Å². The summed E-state index contributed by atoms with van der Waals surface area (Å²) in [4.78, 5) is 0. The smallest absolute Gasteiger partial charge is 0.00772 e. The van der Waals surface area contributed by atoms with Crippen LogP contribution in [0.3, 0.4) is 0 Å². The second-order valence-electron chi connectivity index (χ2n) is 4.95. The van der Waals surface area contributed by atoms with Crippen molar-refractivity contribution in [1.29, 1.82) is 0 Å². The molecule has 15 heavy (non-hydrogen) atoms. The standard InChI is InChI=1S/C14H31N/c1-4-6-7-10-14(11-8-12-15)13(3)9-5-2/h13-14H,4-12,15H2,1-3H3. The number of hydrogen-bond donors (Lipinski definition) is 1. The lowest BCUT2D eigenvalue weighted by molar-refractivity contribution is 0.284. The molecule has 0 saturated carbocycles. The molecule has 0 aromatic rings. The fraction of sp³-hybridized carbons (Fsp3) is 1.00. The van der Waals surface area contributed by atoms with Gasteiger partial charge in [0.05, 0.1) is 0 Å². The van der Waals surface area contributed by atoms with Gasteiger partial charge in [-0.15, -0.1) is 0 Å². The Kier molecular flexibility index (Phi) is 10.4. The van der Waals surface area contributed by atoms with E-state index >= 15 is 0 Å². The van der Waals surface area contributed by atoms with Crippen LogP contribution >= 0.6 is 0 Å². The summed E-state index contributed by atoms with van der Waals surface area (Å²) >= 11 is 0. The van der Waals surface area contributed by atoms with Crippen molar-refractivity contribution in [3.05, 3.63) is 0 Å². The van der Waals surface area contributed by atoms with E-state index in [2.05, 4.69) is 20.8 Å². The van der Waals surface area contributed by atoms with E-state index in [1.54, 1.807) is 0 Å². The van der Waals surface area contributed by atoms with Crippen molar-refractivity contribution in [2.45, 2.75) is 72.1 Å². The molecule has 0 radical (unpaired) electrons. The molecule has 1 heteroatoms. The van der Waals surface area contributed by atoms with Gasteiger partial charge in [-0.3, -0.25) is 0 Å². The van der Waals surface area contributed by atoms with Gasteiger partial charge in [-0.1, -0.05) is 59.3 Å². The van der Waals surface area contributed by atoms with E-state index in [1.165, 1.54) is 51.4 Å². The second kappa shape index (κ2) is 10.5. The predicted octanol–water partition coefficient (Wildman–Crippen LogP) is 4.36. The molecule has 0 amide bonds. The molecule has 1 nitrogen and oxygen atoms in total. The van der Waals surface area contributed by atoms with Crippen molar-refractivity contribution in [3.63, 3.8) is 0 Å². The van der Waals surface area contributed by atoms with E-state index < -0.39 is 0 Å². The maximum absolute atomic E-state index is 5.61. The lowest BCUT2D eigenvalue weighted by atomic mass is 9.83. The maximum atomic E-state index is 5.61. The highest BCUT2D eigenvalue weighted by Crippen LogP contribution is 2.27. The summed E-state index contributed by atoms with van der Waals surface area (Å²) in [5, 5.41) is 0. The van der Waals surface area contributed by atoms with E-state index in [-0.39, 0.29) is 0 Å². The Morgan fingerprint density at radius 1 is 0.867 bits per heavy atom. The van der Waals surface area contributed by atoms with Gasteiger partial charge in [0.15, 0.2) is 0 Å². The molecule has 0 aliphatic rings. The molecular formula is C14H31N. The van der Waals surface area contributed by atoms with Crippen molar-refractivity contribution in [1.82, 2.24) is 0 Å². The third-order valence-electron chi connectivity index (χ3n) is 3.51. The summed E-state index contributed by atoms with van der Waals surface area (Å²) in [5.74, 6) is 1.83. The molecule has 92 valence electrons. The lowest BCUT2D eigenvalue weighted by Gasteiger charge is -2.23. The molecule has 2 atom stereocenters. The Bertz CT molecular complexity index is 123. The fourth-order valence-electron chi connectivity index (χ4n) is 2.44. The summed E-state index contributed by atoms with van der Waals surface area (Å²) in [7, 11) is 0. The van der Waals surface area contributed by atoms with E-state index in [9.17, 15) is 0 Å². The minimum Gasteiger partial charge on any atom is -0.330 e. The Morgan fingerprint density at radius 2 is 1.53 bits per heavy atom. The molecule has 0 saturated heterocycles. The molecule has 0 heterocycles. The van der Waals surface area contributed by atoms with Gasteiger partial charge >= 0.3 is 0 Å². The average Bonchev–Trinajstić information content (AvgIpc) is 2.23. The third kappa shape index (κ3) is 7.84. The van der Waals surface area contributed by atoms with Crippen LogP contribution in [0, 0.1) is 11.8 Å². The Balaban J connectivity index is 3.81. The van der Waals surface area contributed by atoms with Crippen LogP contribution in [0.2, 0.25) is 0 Å². The molecule has 0 aliphatic carbocycles. The lowest BCUT2D eigenvalue weighted by Crippen LogP contribution is -2.14. The Morgan fingerprint density at radius 3 is 2.07 bits per heavy atom. The van der Waals surface area contributed by atoms with E-state index in [1.807, 2.05) is 0 Å². The normalized spacial score (nSPS) is 15.2. The van der Waals surface area contributed by atoms with Gasteiger partial charge in [0, 0.05) is 0 Å². The van der Waals surface area contributed by atoms with Gasteiger partial charge < -0.3 is 5.73 Å². The van der Waals surface area contributed by atoms with Crippen LogP contribution < -0.4 is 5.73 Å². The van der Waals surface area contributed by atoms with Gasteiger partial charge in [-0.05, 0) is 31.2 Å². The summed E-state index contributed by atoms with van der Waals surface area (Å²) in [6.07, 6.45) is 10.9. The largest absolute Gasteiger partial charge is 0.330 e. The quantitative estimate of drug-likeness (QED) is 0.536. The van der Waals surface area contributed by atoms with Crippen LogP contribution in [0.15, 0.2) is 0 Å². The van der Waals surface area contributed by atoms with Crippen LogP contribution in [0.4, 0.5) is 0 Å². The first-order valence-electron chi connectivity index (χ1n) is 6.96. The highest BCUT2D eigenvalue weighted by Gasteiger charge is 2.15. The summed E-state index contributed by atoms with van der Waals surface area (Å²) < 4.78 is 0. The number of nitrogens with two attached hydrogens (primary N) is 1. The van der Waals surface area contributed by atoms with E-state index in [0.29, 0.717) is 0 Å². The minimum atomic E-state index is 0.864. The van der Waals surface area contributed by atoms with Crippen molar-refractivity contribution in [2.24, 2.45) is 17.6 Å². The SMILES string of the molecule is CCCCCC(CCCN)C(C)CCC. The summed E-state index contributed by atoms with van der Waals surface area (Å²) in [6.45, 7) is 7.87. The molecule has 0 spiro atoms. The van der Waals surface area contributed by atoms with Crippen molar-refractivity contribution in [3.8, 4) is 0 Å². The van der Waals surface area contributed by atoms with Crippen molar-refractivity contribution >= 4 is 0 Å². The number of rotatable bonds is 10. The molecule has 2 unspecified atom stereocenters. The van der Waals surface area contributed by atoms with Gasteiger partial charge in [0.1, 0.15) is 0 Å². The summed E-state index contributed by atoms with van der Waals surface area (Å²) in [6, 6.07) is 0. The van der Waals surface area contributed by atoms with E-state index in [4.69, 9.17) is 5.73 Å². The zero-order valence-electron chi connectivity index (χ0n) is 11.1. The molecule has 2 N–H and O–H groups in total. The van der Waals surface area contributed by atoms with Crippen LogP contribution in [-0.2, 0) is 0 Å². The molecular weight excluding hydrogens is 182 g/mol. The second-order valence-corrected chi connectivity index (χ2v) is 4.95. The van der Waals surface area contributed by atoms with E-state index in [0.717, 1.165) is 18.4 Å². The maximum Gasteiger partial charge on any atom is -0.00772 e. The number of hydrogen-bond acceptors (Lipinski definition) is 1. The predicted molar refractivity (Wildman–Crippen MR) is 70.0 cm³/mol. The summed E-state index contributed by atoms with van der Waals surface area (Å²) in [5.41, 5.74) is 5.61.